The van der Waals surface area contributed by atoms with E-state index in [1.54, 1.807) is 19.2 Å². The third-order valence-electron chi connectivity index (χ3n) is 3.30. The summed E-state index contributed by atoms with van der Waals surface area (Å²) in [7, 11) is 1.56. The molecule has 0 aliphatic rings. The summed E-state index contributed by atoms with van der Waals surface area (Å²) in [5, 5.41) is 2.74. The SMILES string of the molecule is COc1cc(C)ccc1OCC(=O)NCCc1cccc(F)c1. The molecule has 0 atom stereocenters. The van der Waals surface area contributed by atoms with Crippen molar-refractivity contribution in [2.75, 3.05) is 20.3 Å². The zero-order valence-corrected chi connectivity index (χ0v) is 13.3. The maximum absolute atomic E-state index is 13.0. The highest BCUT2D eigenvalue weighted by Crippen LogP contribution is 2.27. The molecule has 0 aliphatic heterocycles. The van der Waals surface area contributed by atoms with Crippen LogP contribution in [-0.4, -0.2) is 26.2 Å². The number of nitrogens with one attached hydrogen (secondary N) is 1. The van der Waals surface area contributed by atoms with Crippen molar-refractivity contribution in [3.8, 4) is 11.5 Å². The first kappa shape index (κ1) is 16.8. The lowest BCUT2D eigenvalue weighted by molar-refractivity contribution is -0.123. The van der Waals surface area contributed by atoms with E-state index in [1.165, 1.54) is 12.1 Å². The molecule has 0 radical (unpaired) electrons. The molecule has 0 unspecified atom stereocenters. The van der Waals surface area contributed by atoms with E-state index in [0.29, 0.717) is 24.5 Å². The van der Waals surface area contributed by atoms with Crippen LogP contribution >= 0.6 is 0 Å². The zero-order chi connectivity index (χ0) is 16.7. The maximum atomic E-state index is 13.0. The molecule has 0 aromatic heterocycles. The second kappa shape index (κ2) is 8.17. The van der Waals surface area contributed by atoms with Gasteiger partial charge < -0.3 is 14.8 Å². The van der Waals surface area contributed by atoms with Gasteiger partial charge in [0.05, 0.1) is 7.11 Å². The Hall–Kier alpha value is -2.56. The average Bonchev–Trinajstić information content (AvgIpc) is 2.53. The molecule has 1 N–H and O–H groups in total. The Labute approximate surface area is 135 Å². The number of hydrogen-bond donors (Lipinski definition) is 1. The quantitative estimate of drug-likeness (QED) is 0.854. The number of hydrogen-bond acceptors (Lipinski definition) is 3. The van der Waals surface area contributed by atoms with E-state index in [1.807, 2.05) is 25.1 Å². The molecule has 2 rings (SSSR count). The summed E-state index contributed by atoms with van der Waals surface area (Å²) < 4.78 is 23.7. The molecule has 0 heterocycles. The standard InChI is InChI=1S/C18H20FNO3/c1-13-6-7-16(17(10-13)22-2)23-12-18(21)20-9-8-14-4-3-5-15(19)11-14/h3-7,10-11H,8-9,12H2,1-2H3,(H,20,21). The summed E-state index contributed by atoms with van der Waals surface area (Å²) in [4.78, 5) is 11.8. The van der Waals surface area contributed by atoms with Crippen LogP contribution < -0.4 is 14.8 Å². The summed E-state index contributed by atoms with van der Waals surface area (Å²) in [5.74, 6) is 0.614. The molecule has 2 aromatic rings. The number of aryl methyl sites for hydroxylation is 1. The monoisotopic (exact) mass is 317 g/mol. The molecule has 4 nitrogen and oxygen atoms in total. The fraction of sp³-hybridized carbons (Fsp3) is 0.278. The Kier molecular flexibility index (Phi) is 5.97. The Morgan fingerprint density at radius 1 is 1.17 bits per heavy atom. The van der Waals surface area contributed by atoms with Crippen molar-refractivity contribution < 1.29 is 18.7 Å². The van der Waals surface area contributed by atoms with Gasteiger partial charge >= 0.3 is 0 Å². The molecule has 5 heteroatoms. The topological polar surface area (TPSA) is 47.6 Å². The molecule has 2 aromatic carbocycles. The zero-order valence-electron chi connectivity index (χ0n) is 13.3. The van der Waals surface area contributed by atoms with E-state index in [9.17, 15) is 9.18 Å². The van der Waals surface area contributed by atoms with Gasteiger partial charge in [-0.1, -0.05) is 18.2 Å². The number of carbonyl (C=O) groups is 1. The Morgan fingerprint density at radius 2 is 2.00 bits per heavy atom. The number of amides is 1. The van der Waals surface area contributed by atoms with Crippen LogP contribution in [0.2, 0.25) is 0 Å². The maximum Gasteiger partial charge on any atom is 0.257 e. The minimum absolute atomic E-state index is 0.0947. The molecule has 0 aliphatic carbocycles. The van der Waals surface area contributed by atoms with E-state index in [2.05, 4.69) is 5.32 Å². The highest BCUT2D eigenvalue weighted by molar-refractivity contribution is 5.77. The Bertz CT molecular complexity index is 673. The van der Waals surface area contributed by atoms with Crippen LogP contribution in [-0.2, 0) is 11.2 Å². The molecule has 0 spiro atoms. The molecule has 23 heavy (non-hydrogen) atoms. The lowest BCUT2D eigenvalue weighted by Gasteiger charge is -2.11. The van der Waals surface area contributed by atoms with Gasteiger partial charge in [-0.2, -0.15) is 0 Å². The number of methoxy groups -OCH3 is 1. The van der Waals surface area contributed by atoms with Crippen LogP contribution in [0.25, 0.3) is 0 Å². The third kappa shape index (κ3) is 5.29. The van der Waals surface area contributed by atoms with E-state index in [0.717, 1.165) is 11.1 Å². The predicted molar refractivity (Wildman–Crippen MR) is 86.3 cm³/mol. The van der Waals surface area contributed by atoms with Gasteiger partial charge in [0.15, 0.2) is 18.1 Å². The molecule has 0 fully saturated rings. The lowest BCUT2D eigenvalue weighted by Crippen LogP contribution is -2.30. The lowest BCUT2D eigenvalue weighted by atomic mass is 10.1. The van der Waals surface area contributed by atoms with Gasteiger partial charge in [0.2, 0.25) is 0 Å². The van der Waals surface area contributed by atoms with Crippen molar-refractivity contribution >= 4 is 5.91 Å². The minimum atomic E-state index is -0.274. The van der Waals surface area contributed by atoms with Gasteiger partial charge in [-0.25, -0.2) is 4.39 Å². The van der Waals surface area contributed by atoms with Crippen molar-refractivity contribution in [1.82, 2.24) is 5.32 Å². The number of carbonyl (C=O) groups excluding carboxylic acids is 1. The van der Waals surface area contributed by atoms with Crippen LogP contribution in [0.4, 0.5) is 4.39 Å². The first-order valence-electron chi connectivity index (χ1n) is 7.37. The Morgan fingerprint density at radius 3 is 2.74 bits per heavy atom. The number of benzene rings is 2. The van der Waals surface area contributed by atoms with Crippen LogP contribution in [0.5, 0.6) is 11.5 Å². The van der Waals surface area contributed by atoms with Gasteiger partial charge in [0.1, 0.15) is 5.82 Å². The number of rotatable bonds is 7. The summed E-state index contributed by atoms with van der Waals surface area (Å²) in [6.07, 6.45) is 0.567. The third-order valence-corrected chi connectivity index (χ3v) is 3.30. The van der Waals surface area contributed by atoms with Gasteiger partial charge in [0.25, 0.3) is 5.91 Å². The van der Waals surface area contributed by atoms with Crippen LogP contribution in [0.1, 0.15) is 11.1 Å². The number of halogens is 1. The highest BCUT2D eigenvalue weighted by atomic mass is 19.1. The van der Waals surface area contributed by atoms with Gasteiger partial charge in [-0.15, -0.1) is 0 Å². The molecule has 122 valence electrons. The van der Waals surface area contributed by atoms with Crippen molar-refractivity contribution in [1.29, 1.82) is 0 Å². The largest absolute Gasteiger partial charge is 0.493 e. The van der Waals surface area contributed by atoms with Crippen LogP contribution in [0, 0.1) is 12.7 Å². The predicted octanol–water partition coefficient (Wildman–Crippen LogP) is 2.88. The normalized spacial score (nSPS) is 10.2. The molecular formula is C18H20FNO3. The smallest absolute Gasteiger partial charge is 0.257 e. The second-order valence-electron chi connectivity index (χ2n) is 5.17. The van der Waals surface area contributed by atoms with Crippen molar-refractivity contribution in [2.24, 2.45) is 0 Å². The minimum Gasteiger partial charge on any atom is -0.493 e. The van der Waals surface area contributed by atoms with E-state index >= 15 is 0 Å². The summed E-state index contributed by atoms with van der Waals surface area (Å²) in [6.45, 7) is 2.28. The summed E-state index contributed by atoms with van der Waals surface area (Å²) in [6, 6.07) is 11.8. The van der Waals surface area contributed by atoms with E-state index in [4.69, 9.17) is 9.47 Å². The summed E-state index contributed by atoms with van der Waals surface area (Å²) >= 11 is 0. The van der Waals surface area contributed by atoms with E-state index in [-0.39, 0.29) is 18.3 Å². The average molecular weight is 317 g/mol. The molecule has 1 amide bonds. The van der Waals surface area contributed by atoms with Gasteiger partial charge in [-0.05, 0) is 48.7 Å². The first-order chi connectivity index (χ1) is 11.1. The van der Waals surface area contributed by atoms with Crippen LogP contribution in [0.3, 0.4) is 0 Å². The van der Waals surface area contributed by atoms with Crippen molar-refractivity contribution in [3.05, 3.63) is 59.4 Å². The van der Waals surface area contributed by atoms with E-state index < -0.39 is 0 Å². The molecular weight excluding hydrogens is 297 g/mol. The van der Waals surface area contributed by atoms with Gasteiger partial charge in [-0.3, -0.25) is 4.79 Å². The second-order valence-corrected chi connectivity index (χ2v) is 5.17. The van der Waals surface area contributed by atoms with Crippen LogP contribution in [0.15, 0.2) is 42.5 Å². The number of ether oxygens (including phenoxy) is 2. The fourth-order valence-corrected chi connectivity index (χ4v) is 2.13. The van der Waals surface area contributed by atoms with Crippen molar-refractivity contribution in [3.63, 3.8) is 0 Å². The molecule has 0 saturated heterocycles. The molecule has 0 bridgehead atoms. The highest BCUT2D eigenvalue weighted by Gasteiger charge is 2.07. The molecule has 0 saturated carbocycles. The van der Waals surface area contributed by atoms with Gasteiger partial charge in [0, 0.05) is 6.54 Å². The summed E-state index contributed by atoms with van der Waals surface area (Å²) in [5.41, 5.74) is 1.89. The van der Waals surface area contributed by atoms with Crippen molar-refractivity contribution in [2.45, 2.75) is 13.3 Å². The fourth-order valence-electron chi connectivity index (χ4n) is 2.13. The first-order valence-corrected chi connectivity index (χ1v) is 7.37. The Balaban J connectivity index is 1.77.